The molecular formula is C15H19IN4O. The number of rotatable bonds is 5. The molecule has 2 aromatic rings. The van der Waals surface area contributed by atoms with Gasteiger partial charge in [-0.1, -0.05) is 0 Å². The van der Waals surface area contributed by atoms with Gasteiger partial charge in [-0.2, -0.15) is 0 Å². The Morgan fingerprint density at radius 2 is 2.10 bits per heavy atom. The van der Waals surface area contributed by atoms with Gasteiger partial charge in [-0.25, -0.2) is 9.97 Å². The Bertz CT molecular complexity index is 601. The number of fused-ring (bicyclic) bond motifs is 1. The molecule has 0 atom stereocenters. The van der Waals surface area contributed by atoms with Gasteiger partial charge in [-0.05, 0) is 53.8 Å². The van der Waals surface area contributed by atoms with E-state index in [0.29, 0.717) is 0 Å². The van der Waals surface area contributed by atoms with Gasteiger partial charge in [-0.15, -0.1) is 0 Å². The summed E-state index contributed by atoms with van der Waals surface area (Å²) in [6.45, 7) is 5.86. The van der Waals surface area contributed by atoms with Crippen molar-refractivity contribution < 1.29 is 4.74 Å². The third kappa shape index (κ3) is 4.02. The van der Waals surface area contributed by atoms with Crippen LogP contribution in [0.15, 0.2) is 24.5 Å². The largest absolute Gasteiger partial charge is 0.379 e. The lowest BCUT2D eigenvalue weighted by Gasteiger charge is -2.26. The summed E-state index contributed by atoms with van der Waals surface area (Å²) in [5.41, 5.74) is 0.987. The fourth-order valence-corrected chi connectivity index (χ4v) is 3.00. The van der Waals surface area contributed by atoms with E-state index in [1.165, 1.54) is 3.57 Å². The van der Waals surface area contributed by atoms with Crippen molar-refractivity contribution in [2.24, 2.45) is 0 Å². The minimum atomic E-state index is 0.864. The molecule has 1 N–H and O–H groups in total. The van der Waals surface area contributed by atoms with Gasteiger partial charge < -0.3 is 10.1 Å². The molecule has 0 aliphatic carbocycles. The lowest BCUT2D eigenvalue weighted by Crippen LogP contribution is -2.37. The lowest BCUT2D eigenvalue weighted by atomic mass is 10.2. The first-order valence-electron chi connectivity index (χ1n) is 7.27. The van der Waals surface area contributed by atoms with Crippen LogP contribution in [0.25, 0.3) is 10.9 Å². The second-order valence-corrected chi connectivity index (χ2v) is 6.36. The van der Waals surface area contributed by atoms with Crippen molar-refractivity contribution in [2.45, 2.75) is 6.42 Å². The zero-order valence-electron chi connectivity index (χ0n) is 11.9. The molecular weight excluding hydrogens is 379 g/mol. The van der Waals surface area contributed by atoms with Gasteiger partial charge in [0.05, 0.1) is 18.7 Å². The van der Waals surface area contributed by atoms with Crippen LogP contribution >= 0.6 is 22.6 Å². The average molecular weight is 398 g/mol. The highest BCUT2D eigenvalue weighted by molar-refractivity contribution is 14.1. The summed E-state index contributed by atoms with van der Waals surface area (Å²) < 4.78 is 6.56. The predicted octanol–water partition coefficient (Wildman–Crippen LogP) is 2.37. The third-order valence-corrected chi connectivity index (χ3v) is 4.32. The SMILES string of the molecule is Ic1ccc2ncnc(NCCCN3CCOCC3)c2c1. The molecule has 0 saturated carbocycles. The topological polar surface area (TPSA) is 50.3 Å². The molecule has 1 saturated heterocycles. The summed E-state index contributed by atoms with van der Waals surface area (Å²) in [6, 6.07) is 6.23. The number of anilines is 1. The van der Waals surface area contributed by atoms with Crippen LogP contribution < -0.4 is 5.32 Å². The van der Waals surface area contributed by atoms with E-state index in [1.807, 2.05) is 6.07 Å². The van der Waals surface area contributed by atoms with E-state index in [0.717, 1.165) is 62.5 Å². The molecule has 0 unspecified atom stereocenters. The maximum atomic E-state index is 5.36. The predicted molar refractivity (Wildman–Crippen MR) is 92.6 cm³/mol. The highest BCUT2D eigenvalue weighted by Crippen LogP contribution is 2.21. The number of aromatic nitrogens is 2. The zero-order valence-corrected chi connectivity index (χ0v) is 14.0. The fraction of sp³-hybridized carbons (Fsp3) is 0.467. The molecule has 1 aliphatic rings. The van der Waals surface area contributed by atoms with Crippen LogP contribution in [0.2, 0.25) is 0 Å². The number of hydrogen-bond donors (Lipinski definition) is 1. The highest BCUT2D eigenvalue weighted by Gasteiger charge is 2.09. The normalized spacial score (nSPS) is 16.2. The van der Waals surface area contributed by atoms with Crippen LogP contribution in [0.5, 0.6) is 0 Å². The molecule has 0 radical (unpaired) electrons. The first kappa shape index (κ1) is 14.9. The number of hydrogen-bond acceptors (Lipinski definition) is 5. The Morgan fingerprint density at radius 1 is 1.24 bits per heavy atom. The molecule has 1 aromatic heterocycles. The van der Waals surface area contributed by atoms with Crippen LogP contribution in [-0.2, 0) is 4.74 Å². The number of ether oxygens (including phenoxy) is 1. The second-order valence-electron chi connectivity index (χ2n) is 5.12. The number of nitrogens with one attached hydrogen (secondary N) is 1. The fourth-order valence-electron chi connectivity index (χ4n) is 2.50. The van der Waals surface area contributed by atoms with E-state index >= 15 is 0 Å². The number of halogens is 1. The molecule has 1 aromatic carbocycles. The van der Waals surface area contributed by atoms with Gasteiger partial charge in [0.2, 0.25) is 0 Å². The van der Waals surface area contributed by atoms with Gasteiger partial charge in [0, 0.05) is 28.6 Å². The number of morpholine rings is 1. The van der Waals surface area contributed by atoms with E-state index in [1.54, 1.807) is 6.33 Å². The Morgan fingerprint density at radius 3 is 2.95 bits per heavy atom. The van der Waals surface area contributed by atoms with Crippen LogP contribution in [0.1, 0.15) is 6.42 Å². The molecule has 0 bridgehead atoms. The molecule has 0 spiro atoms. The van der Waals surface area contributed by atoms with Crippen molar-refractivity contribution >= 4 is 39.3 Å². The van der Waals surface area contributed by atoms with E-state index < -0.39 is 0 Å². The standard InChI is InChI=1S/C15H19IN4O/c16-12-2-3-14-13(10-12)15(19-11-18-14)17-4-1-5-20-6-8-21-9-7-20/h2-3,10-11H,1,4-9H2,(H,17,18,19). The first-order valence-corrected chi connectivity index (χ1v) is 8.35. The maximum Gasteiger partial charge on any atom is 0.137 e. The van der Waals surface area contributed by atoms with E-state index in [4.69, 9.17) is 4.74 Å². The minimum absolute atomic E-state index is 0.864. The Hall–Kier alpha value is -0.990. The Labute approximate surface area is 138 Å². The Kier molecular flexibility index (Phi) is 5.21. The third-order valence-electron chi connectivity index (χ3n) is 3.64. The van der Waals surface area contributed by atoms with Gasteiger partial charge >= 0.3 is 0 Å². The molecule has 112 valence electrons. The summed E-state index contributed by atoms with van der Waals surface area (Å²) in [5, 5.41) is 4.54. The quantitative estimate of drug-likeness (QED) is 0.619. The molecule has 21 heavy (non-hydrogen) atoms. The lowest BCUT2D eigenvalue weighted by molar-refractivity contribution is 0.0378. The van der Waals surface area contributed by atoms with Gasteiger partial charge in [-0.3, -0.25) is 4.90 Å². The summed E-state index contributed by atoms with van der Waals surface area (Å²) in [6.07, 6.45) is 2.73. The summed E-state index contributed by atoms with van der Waals surface area (Å²) in [5.74, 6) is 0.931. The Balaban J connectivity index is 1.56. The number of benzene rings is 1. The monoisotopic (exact) mass is 398 g/mol. The second kappa shape index (κ2) is 7.33. The molecule has 3 rings (SSSR count). The van der Waals surface area contributed by atoms with Crippen molar-refractivity contribution in [1.29, 1.82) is 0 Å². The molecule has 1 fully saturated rings. The number of nitrogens with zero attached hydrogens (tertiary/aromatic N) is 3. The van der Waals surface area contributed by atoms with Crippen molar-refractivity contribution in [3.05, 3.63) is 28.1 Å². The van der Waals surface area contributed by atoms with Crippen LogP contribution in [0, 0.1) is 3.57 Å². The highest BCUT2D eigenvalue weighted by atomic mass is 127. The van der Waals surface area contributed by atoms with Crippen molar-refractivity contribution in [1.82, 2.24) is 14.9 Å². The summed E-state index contributed by atoms with van der Waals surface area (Å²) in [7, 11) is 0. The van der Waals surface area contributed by atoms with E-state index in [-0.39, 0.29) is 0 Å². The van der Waals surface area contributed by atoms with E-state index in [2.05, 4.69) is 54.9 Å². The molecule has 0 amide bonds. The van der Waals surface area contributed by atoms with E-state index in [9.17, 15) is 0 Å². The maximum absolute atomic E-state index is 5.36. The van der Waals surface area contributed by atoms with Crippen LogP contribution in [0.4, 0.5) is 5.82 Å². The zero-order chi connectivity index (χ0) is 14.5. The van der Waals surface area contributed by atoms with Gasteiger partial charge in [0.25, 0.3) is 0 Å². The summed E-state index contributed by atoms with van der Waals surface area (Å²) in [4.78, 5) is 11.1. The van der Waals surface area contributed by atoms with Gasteiger partial charge in [0.1, 0.15) is 12.1 Å². The average Bonchev–Trinajstić information content (AvgIpc) is 2.53. The minimum Gasteiger partial charge on any atom is -0.379 e. The van der Waals surface area contributed by atoms with Gasteiger partial charge in [0.15, 0.2) is 0 Å². The molecule has 6 heteroatoms. The molecule has 1 aliphatic heterocycles. The van der Waals surface area contributed by atoms with Crippen molar-refractivity contribution in [3.63, 3.8) is 0 Å². The van der Waals surface area contributed by atoms with Crippen molar-refractivity contribution in [3.8, 4) is 0 Å². The summed E-state index contributed by atoms with van der Waals surface area (Å²) >= 11 is 2.32. The molecule has 2 heterocycles. The van der Waals surface area contributed by atoms with Crippen molar-refractivity contribution in [2.75, 3.05) is 44.7 Å². The van der Waals surface area contributed by atoms with Crippen LogP contribution in [-0.4, -0.2) is 54.3 Å². The smallest absolute Gasteiger partial charge is 0.137 e. The first-order chi connectivity index (χ1) is 10.3. The van der Waals surface area contributed by atoms with Crippen LogP contribution in [0.3, 0.4) is 0 Å². The molecule has 5 nitrogen and oxygen atoms in total.